The highest BCUT2D eigenvalue weighted by atomic mass is 32.2. The molecule has 0 spiro atoms. The molecule has 19 heavy (non-hydrogen) atoms. The minimum absolute atomic E-state index is 0.239. The van der Waals surface area contributed by atoms with Gasteiger partial charge in [-0.25, -0.2) is 0 Å². The van der Waals surface area contributed by atoms with E-state index in [4.69, 9.17) is 4.74 Å². The van der Waals surface area contributed by atoms with Crippen LogP contribution >= 0.6 is 11.8 Å². The van der Waals surface area contributed by atoms with Crippen LogP contribution in [0.15, 0.2) is 0 Å². The first-order valence-electron chi connectivity index (χ1n) is 7.70. The van der Waals surface area contributed by atoms with Crippen LogP contribution in [-0.2, 0) is 4.74 Å². The average Bonchev–Trinajstić information content (AvgIpc) is 2.37. The fourth-order valence-electron chi connectivity index (χ4n) is 2.45. The van der Waals surface area contributed by atoms with Gasteiger partial charge in [0, 0.05) is 18.3 Å². The van der Waals surface area contributed by atoms with E-state index in [-0.39, 0.29) is 12.2 Å². The molecular weight excluding hydrogens is 258 g/mol. The summed E-state index contributed by atoms with van der Waals surface area (Å²) in [5, 5.41) is 14.0. The lowest BCUT2D eigenvalue weighted by Crippen LogP contribution is -2.35. The third kappa shape index (κ3) is 8.90. The lowest BCUT2D eigenvalue weighted by Gasteiger charge is -2.23. The molecule has 1 aliphatic heterocycles. The van der Waals surface area contributed by atoms with Crippen molar-refractivity contribution in [3.05, 3.63) is 0 Å². The fourth-order valence-corrected chi connectivity index (χ4v) is 3.72. The first-order valence-corrected chi connectivity index (χ1v) is 8.74. The molecule has 3 atom stereocenters. The van der Waals surface area contributed by atoms with Gasteiger partial charge in [-0.1, -0.05) is 20.3 Å². The molecule has 0 aromatic rings. The monoisotopic (exact) mass is 289 g/mol. The Balaban J connectivity index is 1.99. The maximum absolute atomic E-state index is 9.87. The van der Waals surface area contributed by atoms with Crippen LogP contribution in [0.5, 0.6) is 0 Å². The van der Waals surface area contributed by atoms with Crippen molar-refractivity contribution in [2.75, 3.05) is 25.4 Å². The van der Waals surface area contributed by atoms with Crippen molar-refractivity contribution in [2.24, 2.45) is 5.92 Å². The van der Waals surface area contributed by atoms with E-state index in [2.05, 4.69) is 37.8 Å². The van der Waals surface area contributed by atoms with E-state index in [1.54, 1.807) is 0 Å². The molecule has 1 aliphatic rings. The average molecular weight is 289 g/mol. The molecule has 3 nitrogen and oxygen atoms in total. The number of hydrogen-bond donors (Lipinski definition) is 2. The van der Waals surface area contributed by atoms with Gasteiger partial charge in [0.15, 0.2) is 0 Å². The highest BCUT2D eigenvalue weighted by Gasteiger charge is 2.14. The van der Waals surface area contributed by atoms with Crippen molar-refractivity contribution in [1.29, 1.82) is 0 Å². The Morgan fingerprint density at radius 1 is 1.32 bits per heavy atom. The van der Waals surface area contributed by atoms with E-state index >= 15 is 0 Å². The summed E-state index contributed by atoms with van der Waals surface area (Å²) in [4.78, 5) is 0. The Labute approximate surface area is 122 Å². The van der Waals surface area contributed by atoms with Gasteiger partial charge < -0.3 is 15.2 Å². The van der Waals surface area contributed by atoms with Crippen molar-refractivity contribution in [3.63, 3.8) is 0 Å². The molecule has 1 fully saturated rings. The third-order valence-corrected chi connectivity index (χ3v) is 4.80. The van der Waals surface area contributed by atoms with Crippen LogP contribution in [0.4, 0.5) is 0 Å². The van der Waals surface area contributed by atoms with E-state index in [0.29, 0.717) is 19.1 Å². The number of aliphatic hydroxyl groups excluding tert-OH is 1. The van der Waals surface area contributed by atoms with E-state index in [1.165, 1.54) is 25.0 Å². The predicted molar refractivity (Wildman–Crippen MR) is 83.8 cm³/mol. The molecule has 0 radical (unpaired) electrons. The van der Waals surface area contributed by atoms with Gasteiger partial charge in [0.25, 0.3) is 0 Å². The van der Waals surface area contributed by atoms with E-state index < -0.39 is 0 Å². The number of aliphatic hydroxyl groups is 1. The molecule has 0 amide bonds. The number of thioether (sulfide) groups is 1. The van der Waals surface area contributed by atoms with Gasteiger partial charge in [0.1, 0.15) is 0 Å². The zero-order valence-corrected chi connectivity index (χ0v) is 13.5. The molecular formula is C15H31NO2S. The standard InChI is InChI=1S/C15H31NO2S/c1-12(2)8-13(3)18-11-14(17)9-16-10-15-6-4-5-7-19-15/h12-17H,4-11H2,1-3H3. The van der Waals surface area contributed by atoms with Crippen molar-refractivity contribution in [2.45, 2.75) is 63.9 Å². The molecule has 1 rings (SSSR count). The molecule has 2 N–H and O–H groups in total. The smallest absolute Gasteiger partial charge is 0.0897 e. The van der Waals surface area contributed by atoms with Gasteiger partial charge in [-0.3, -0.25) is 0 Å². The Morgan fingerprint density at radius 3 is 2.74 bits per heavy atom. The van der Waals surface area contributed by atoms with Crippen molar-refractivity contribution in [1.82, 2.24) is 5.32 Å². The van der Waals surface area contributed by atoms with Gasteiger partial charge in [-0.2, -0.15) is 11.8 Å². The van der Waals surface area contributed by atoms with Crippen LogP contribution in [0.3, 0.4) is 0 Å². The van der Waals surface area contributed by atoms with Crippen LogP contribution < -0.4 is 5.32 Å². The minimum atomic E-state index is -0.386. The Morgan fingerprint density at radius 2 is 2.11 bits per heavy atom. The highest BCUT2D eigenvalue weighted by molar-refractivity contribution is 7.99. The Hall–Kier alpha value is 0.230. The summed E-state index contributed by atoms with van der Waals surface area (Å²) in [5.74, 6) is 1.94. The van der Waals surface area contributed by atoms with Gasteiger partial charge in [0.2, 0.25) is 0 Å². The molecule has 114 valence electrons. The predicted octanol–water partition coefficient (Wildman–Crippen LogP) is 2.67. The maximum atomic E-state index is 9.87. The maximum Gasteiger partial charge on any atom is 0.0897 e. The van der Waals surface area contributed by atoms with Crippen molar-refractivity contribution < 1.29 is 9.84 Å². The summed E-state index contributed by atoms with van der Waals surface area (Å²) in [6.07, 6.45) is 4.95. The molecule has 4 heteroatoms. The summed E-state index contributed by atoms with van der Waals surface area (Å²) < 4.78 is 5.66. The van der Waals surface area contributed by atoms with Crippen LogP contribution in [0.25, 0.3) is 0 Å². The number of ether oxygens (including phenoxy) is 1. The molecule has 1 saturated heterocycles. The minimum Gasteiger partial charge on any atom is -0.389 e. The summed E-state index contributed by atoms with van der Waals surface area (Å²) in [6.45, 7) is 8.58. The lowest BCUT2D eigenvalue weighted by molar-refractivity contribution is -0.00841. The zero-order valence-electron chi connectivity index (χ0n) is 12.7. The quantitative estimate of drug-likeness (QED) is 0.685. The van der Waals surface area contributed by atoms with Gasteiger partial charge in [0.05, 0.1) is 18.8 Å². The molecule has 3 unspecified atom stereocenters. The topological polar surface area (TPSA) is 41.5 Å². The molecule has 0 bridgehead atoms. The normalized spacial score (nSPS) is 23.5. The molecule has 0 aliphatic carbocycles. The first-order chi connectivity index (χ1) is 9.08. The number of rotatable bonds is 9. The van der Waals surface area contributed by atoms with E-state index in [0.717, 1.165) is 18.2 Å². The highest BCUT2D eigenvalue weighted by Crippen LogP contribution is 2.24. The van der Waals surface area contributed by atoms with Crippen LogP contribution in [0, 0.1) is 5.92 Å². The summed E-state index contributed by atoms with van der Waals surface area (Å²) in [5.41, 5.74) is 0. The summed E-state index contributed by atoms with van der Waals surface area (Å²) in [7, 11) is 0. The third-order valence-electron chi connectivity index (χ3n) is 3.40. The van der Waals surface area contributed by atoms with Crippen LogP contribution in [0.2, 0.25) is 0 Å². The Bertz CT molecular complexity index is 220. The Kier molecular flexibility index (Phi) is 9.12. The van der Waals surface area contributed by atoms with Gasteiger partial charge in [-0.15, -0.1) is 0 Å². The zero-order chi connectivity index (χ0) is 14.1. The lowest BCUT2D eigenvalue weighted by atomic mass is 10.1. The second kappa shape index (κ2) is 10.0. The second-order valence-corrected chi connectivity index (χ2v) is 7.48. The van der Waals surface area contributed by atoms with Crippen LogP contribution in [0.1, 0.15) is 46.5 Å². The fraction of sp³-hybridized carbons (Fsp3) is 1.00. The number of nitrogens with one attached hydrogen (secondary N) is 1. The number of hydrogen-bond acceptors (Lipinski definition) is 4. The summed E-state index contributed by atoms with van der Waals surface area (Å²) >= 11 is 2.06. The molecule has 1 heterocycles. The van der Waals surface area contributed by atoms with Crippen molar-refractivity contribution >= 4 is 11.8 Å². The molecule has 0 aromatic heterocycles. The molecule has 0 saturated carbocycles. The summed E-state index contributed by atoms with van der Waals surface area (Å²) in [6, 6.07) is 0. The van der Waals surface area contributed by atoms with Gasteiger partial charge in [-0.05, 0) is 37.9 Å². The van der Waals surface area contributed by atoms with Gasteiger partial charge >= 0.3 is 0 Å². The second-order valence-electron chi connectivity index (χ2n) is 6.07. The van der Waals surface area contributed by atoms with Crippen molar-refractivity contribution in [3.8, 4) is 0 Å². The SMILES string of the molecule is CC(C)CC(C)OCC(O)CNCC1CCCCS1. The van der Waals surface area contributed by atoms with E-state index in [9.17, 15) is 5.11 Å². The van der Waals surface area contributed by atoms with E-state index in [1.807, 2.05) is 0 Å². The first kappa shape index (κ1) is 17.3. The largest absolute Gasteiger partial charge is 0.389 e. The molecule has 0 aromatic carbocycles. The van der Waals surface area contributed by atoms with Crippen LogP contribution in [-0.4, -0.2) is 48.0 Å².